The largest absolute Gasteiger partial charge is 0.497 e. The molecule has 29 heavy (non-hydrogen) atoms. The smallest absolute Gasteiger partial charge is 0.321 e. The van der Waals surface area contributed by atoms with Gasteiger partial charge in [0.1, 0.15) is 5.75 Å². The van der Waals surface area contributed by atoms with Gasteiger partial charge in [-0.25, -0.2) is 4.79 Å². The lowest BCUT2D eigenvalue weighted by Crippen LogP contribution is -2.42. The summed E-state index contributed by atoms with van der Waals surface area (Å²) in [6.07, 6.45) is 8.20. The molecule has 6 nitrogen and oxygen atoms in total. The average molecular weight is 400 g/mol. The van der Waals surface area contributed by atoms with Gasteiger partial charge in [0.2, 0.25) is 0 Å². The van der Waals surface area contributed by atoms with Gasteiger partial charge in [0.05, 0.1) is 20.3 Å². The number of rotatable bonds is 8. The number of hydrogen-bond acceptors (Lipinski definition) is 4. The first kappa shape index (κ1) is 20.2. The van der Waals surface area contributed by atoms with Crippen LogP contribution in [-0.2, 0) is 4.74 Å². The first-order valence-corrected chi connectivity index (χ1v) is 10.9. The zero-order valence-electron chi connectivity index (χ0n) is 17.4. The summed E-state index contributed by atoms with van der Waals surface area (Å²) in [6, 6.07) is 7.55. The molecule has 2 aliphatic carbocycles. The molecular weight excluding hydrogens is 366 g/mol. The van der Waals surface area contributed by atoms with Crippen LogP contribution in [0, 0.1) is 17.8 Å². The van der Waals surface area contributed by atoms with E-state index in [9.17, 15) is 4.79 Å². The number of nitrogens with one attached hydrogen (secondary N) is 1. The van der Waals surface area contributed by atoms with Gasteiger partial charge in [-0.2, -0.15) is 0 Å². The third kappa shape index (κ3) is 5.31. The van der Waals surface area contributed by atoms with E-state index in [1.165, 1.54) is 12.8 Å². The Morgan fingerprint density at radius 3 is 2.86 bits per heavy atom. The predicted molar refractivity (Wildman–Crippen MR) is 114 cm³/mol. The number of anilines is 1. The molecule has 1 aromatic carbocycles. The molecule has 2 amide bonds. The van der Waals surface area contributed by atoms with Crippen molar-refractivity contribution >= 4 is 11.7 Å². The zero-order chi connectivity index (χ0) is 20.1. The lowest BCUT2D eigenvalue weighted by molar-refractivity contribution is 0.0364. The summed E-state index contributed by atoms with van der Waals surface area (Å²) >= 11 is 0. The second-order valence-corrected chi connectivity index (χ2v) is 8.46. The Morgan fingerprint density at radius 1 is 1.28 bits per heavy atom. The molecule has 1 saturated carbocycles. The van der Waals surface area contributed by atoms with E-state index in [1.807, 2.05) is 29.2 Å². The summed E-state index contributed by atoms with van der Waals surface area (Å²) in [5.74, 6) is 2.71. The minimum Gasteiger partial charge on any atom is -0.497 e. The Bertz CT molecular complexity index is 717. The van der Waals surface area contributed by atoms with E-state index >= 15 is 0 Å². The maximum absolute atomic E-state index is 13.1. The molecule has 1 heterocycles. The fourth-order valence-corrected chi connectivity index (χ4v) is 4.88. The molecule has 158 valence electrons. The lowest BCUT2D eigenvalue weighted by Gasteiger charge is -2.31. The van der Waals surface area contributed by atoms with Crippen LogP contribution in [0.1, 0.15) is 19.3 Å². The molecular formula is C23H33N3O3. The highest BCUT2D eigenvalue weighted by molar-refractivity contribution is 5.89. The number of benzene rings is 1. The molecule has 2 fully saturated rings. The van der Waals surface area contributed by atoms with E-state index in [0.717, 1.165) is 69.7 Å². The fraction of sp³-hybridized carbons (Fsp3) is 0.609. The average Bonchev–Trinajstić information content (AvgIpc) is 3.37. The number of ether oxygens (including phenoxy) is 2. The molecule has 1 N–H and O–H groups in total. The number of carbonyl (C=O) groups is 1. The maximum atomic E-state index is 13.1. The molecule has 4 rings (SSSR count). The van der Waals surface area contributed by atoms with Gasteiger partial charge >= 0.3 is 6.03 Å². The van der Waals surface area contributed by atoms with Crippen LogP contribution in [0.2, 0.25) is 0 Å². The topological polar surface area (TPSA) is 54.0 Å². The number of hydrogen-bond donors (Lipinski definition) is 1. The number of methoxy groups -OCH3 is 1. The summed E-state index contributed by atoms with van der Waals surface area (Å²) in [5, 5.41) is 3.08. The van der Waals surface area contributed by atoms with Gasteiger partial charge in [-0.3, -0.25) is 4.90 Å². The first-order chi connectivity index (χ1) is 14.2. The van der Waals surface area contributed by atoms with E-state index in [-0.39, 0.29) is 6.03 Å². The summed E-state index contributed by atoms with van der Waals surface area (Å²) < 4.78 is 10.7. The number of amides is 2. The molecule has 2 bridgehead atoms. The Balaban J connectivity index is 1.36. The third-order valence-electron chi connectivity index (χ3n) is 6.49. The van der Waals surface area contributed by atoms with E-state index in [2.05, 4.69) is 22.4 Å². The van der Waals surface area contributed by atoms with Gasteiger partial charge in [-0.05, 0) is 49.1 Å². The van der Waals surface area contributed by atoms with Crippen LogP contribution in [0.15, 0.2) is 36.4 Å². The van der Waals surface area contributed by atoms with Crippen LogP contribution < -0.4 is 10.1 Å². The van der Waals surface area contributed by atoms with Crippen molar-refractivity contribution in [2.45, 2.75) is 19.3 Å². The number of carbonyl (C=O) groups excluding carboxylic acids is 1. The number of nitrogens with zero attached hydrogens (tertiary/aromatic N) is 2. The number of fused-ring (bicyclic) bond motifs is 2. The number of urea groups is 1. The lowest BCUT2D eigenvalue weighted by atomic mass is 9.93. The molecule has 1 saturated heterocycles. The Hall–Kier alpha value is -2.05. The van der Waals surface area contributed by atoms with Crippen molar-refractivity contribution in [1.29, 1.82) is 0 Å². The molecule has 3 atom stereocenters. The van der Waals surface area contributed by atoms with E-state index in [4.69, 9.17) is 9.47 Å². The van der Waals surface area contributed by atoms with Crippen LogP contribution in [0.4, 0.5) is 10.5 Å². The van der Waals surface area contributed by atoms with Crippen LogP contribution in [-0.4, -0.2) is 68.9 Å². The number of allylic oxidation sites excluding steroid dienone is 2. The minimum atomic E-state index is -0.00742. The molecule has 0 aromatic heterocycles. The number of morpholine rings is 1. The Morgan fingerprint density at radius 2 is 2.14 bits per heavy atom. The van der Waals surface area contributed by atoms with Crippen molar-refractivity contribution in [3.05, 3.63) is 36.4 Å². The van der Waals surface area contributed by atoms with Crippen LogP contribution in [0.5, 0.6) is 5.75 Å². The molecule has 0 radical (unpaired) electrons. The van der Waals surface area contributed by atoms with Crippen molar-refractivity contribution < 1.29 is 14.3 Å². The quantitative estimate of drug-likeness (QED) is 0.680. The summed E-state index contributed by atoms with van der Waals surface area (Å²) in [6.45, 7) is 6.26. The molecule has 0 spiro atoms. The molecule has 1 aromatic rings. The van der Waals surface area contributed by atoms with Crippen LogP contribution in [0.3, 0.4) is 0 Å². The molecule has 3 aliphatic rings. The molecule has 3 unspecified atom stereocenters. The van der Waals surface area contributed by atoms with Crippen molar-refractivity contribution in [3.63, 3.8) is 0 Å². The van der Waals surface area contributed by atoms with Crippen molar-refractivity contribution in [2.75, 3.05) is 58.4 Å². The predicted octanol–water partition coefficient (Wildman–Crippen LogP) is 3.46. The molecule has 1 aliphatic heterocycles. The standard InChI is InChI=1S/C23H33N3O3/c1-28-22-5-2-4-21(16-22)24-23(27)26(9-3-8-25-10-12-29-13-11-25)17-20-15-18-6-7-19(20)14-18/h2,4-7,16,18-20H,3,8-15,17H2,1H3,(H,24,27). The maximum Gasteiger partial charge on any atom is 0.321 e. The van der Waals surface area contributed by atoms with Crippen molar-refractivity contribution in [1.82, 2.24) is 9.80 Å². The summed E-state index contributed by atoms with van der Waals surface area (Å²) in [4.78, 5) is 17.6. The SMILES string of the molecule is COc1cccc(NC(=O)N(CCCN2CCOCC2)CC2CC3C=CC2C3)c1. The van der Waals surface area contributed by atoms with Gasteiger partial charge in [0.25, 0.3) is 0 Å². The van der Waals surface area contributed by atoms with E-state index in [0.29, 0.717) is 11.8 Å². The van der Waals surface area contributed by atoms with Crippen LogP contribution in [0.25, 0.3) is 0 Å². The summed E-state index contributed by atoms with van der Waals surface area (Å²) in [7, 11) is 1.64. The second kappa shape index (κ2) is 9.63. The van der Waals surface area contributed by atoms with E-state index < -0.39 is 0 Å². The normalized spacial score (nSPS) is 25.9. The monoisotopic (exact) mass is 399 g/mol. The van der Waals surface area contributed by atoms with E-state index in [1.54, 1.807) is 7.11 Å². The van der Waals surface area contributed by atoms with Crippen molar-refractivity contribution in [3.8, 4) is 5.75 Å². The van der Waals surface area contributed by atoms with Gasteiger partial charge in [-0.1, -0.05) is 18.2 Å². The third-order valence-corrected chi connectivity index (χ3v) is 6.49. The highest BCUT2D eigenvalue weighted by Crippen LogP contribution is 2.43. The van der Waals surface area contributed by atoms with Crippen molar-refractivity contribution in [2.24, 2.45) is 17.8 Å². The highest BCUT2D eigenvalue weighted by Gasteiger charge is 2.37. The minimum absolute atomic E-state index is 0.00742. The van der Waals surface area contributed by atoms with Gasteiger partial charge in [-0.15, -0.1) is 0 Å². The zero-order valence-corrected chi connectivity index (χ0v) is 17.4. The Kier molecular flexibility index (Phi) is 6.72. The highest BCUT2D eigenvalue weighted by atomic mass is 16.5. The fourth-order valence-electron chi connectivity index (χ4n) is 4.88. The van der Waals surface area contributed by atoms with Gasteiger partial charge in [0.15, 0.2) is 0 Å². The molecule has 6 heteroatoms. The van der Waals surface area contributed by atoms with Gasteiger partial charge < -0.3 is 19.7 Å². The van der Waals surface area contributed by atoms with Gasteiger partial charge in [0, 0.05) is 44.5 Å². The summed E-state index contributed by atoms with van der Waals surface area (Å²) in [5.41, 5.74) is 0.778. The Labute approximate surface area is 173 Å². The second-order valence-electron chi connectivity index (χ2n) is 8.46. The van der Waals surface area contributed by atoms with Crippen LogP contribution >= 0.6 is 0 Å². The first-order valence-electron chi connectivity index (χ1n) is 10.9.